The standard InChI is InChI=1S/C20H33N5O.HI/c1-16(23(3)17-5-6-17)15-22-20(21-2)25-13-11-24(12-14-25)18-7-9-19(26-4)10-8-18;/h7-10,16-17H,5-6,11-15H2,1-4H3,(H,21,22);1H. The Morgan fingerprint density at radius 3 is 2.37 bits per heavy atom. The van der Waals surface area contributed by atoms with Crippen molar-refractivity contribution in [3.05, 3.63) is 24.3 Å². The molecule has 6 nitrogen and oxygen atoms in total. The number of ether oxygens (including phenoxy) is 1. The van der Waals surface area contributed by atoms with Crippen LogP contribution in [-0.4, -0.2) is 81.8 Å². The van der Waals surface area contributed by atoms with Crippen LogP contribution < -0.4 is 15.0 Å². The number of anilines is 1. The molecule has 7 heteroatoms. The number of aliphatic imine (C=N–C) groups is 1. The third-order valence-electron chi connectivity index (χ3n) is 5.60. The first-order valence-electron chi connectivity index (χ1n) is 9.69. The zero-order chi connectivity index (χ0) is 18.5. The van der Waals surface area contributed by atoms with Crippen molar-refractivity contribution in [1.29, 1.82) is 0 Å². The molecule has 1 N–H and O–H groups in total. The summed E-state index contributed by atoms with van der Waals surface area (Å²) in [5.74, 6) is 1.93. The summed E-state index contributed by atoms with van der Waals surface area (Å²) < 4.78 is 5.25. The van der Waals surface area contributed by atoms with Gasteiger partial charge in [-0.15, -0.1) is 24.0 Å². The van der Waals surface area contributed by atoms with Gasteiger partial charge in [0, 0.05) is 57.5 Å². The Balaban J connectivity index is 0.00000261. The topological polar surface area (TPSA) is 43.3 Å². The predicted octanol–water partition coefficient (Wildman–Crippen LogP) is 2.49. The minimum Gasteiger partial charge on any atom is -0.497 e. The Hall–Kier alpha value is -1.22. The van der Waals surface area contributed by atoms with Crippen LogP contribution in [0.1, 0.15) is 19.8 Å². The zero-order valence-corrected chi connectivity index (χ0v) is 19.3. The van der Waals surface area contributed by atoms with Gasteiger partial charge in [-0.05, 0) is 51.1 Å². The van der Waals surface area contributed by atoms with E-state index in [4.69, 9.17) is 4.74 Å². The van der Waals surface area contributed by atoms with Gasteiger partial charge in [-0.3, -0.25) is 9.89 Å². The molecule has 0 amide bonds. The SMILES string of the molecule is CN=C(NCC(C)N(C)C1CC1)N1CCN(c2ccc(OC)cc2)CC1.I. The first-order chi connectivity index (χ1) is 12.6. The van der Waals surface area contributed by atoms with Crippen molar-refractivity contribution in [2.24, 2.45) is 4.99 Å². The Bertz CT molecular complexity index is 597. The maximum absolute atomic E-state index is 5.25. The van der Waals surface area contributed by atoms with Crippen molar-refractivity contribution < 1.29 is 4.74 Å². The third-order valence-corrected chi connectivity index (χ3v) is 5.60. The minimum atomic E-state index is 0. The number of hydrogen-bond donors (Lipinski definition) is 1. The number of piperazine rings is 1. The van der Waals surface area contributed by atoms with Crippen LogP contribution in [0.2, 0.25) is 0 Å². The minimum absolute atomic E-state index is 0. The van der Waals surface area contributed by atoms with Gasteiger partial charge in [-0.2, -0.15) is 0 Å². The smallest absolute Gasteiger partial charge is 0.193 e. The molecule has 1 saturated carbocycles. The summed E-state index contributed by atoms with van der Waals surface area (Å²) in [5, 5.41) is 3.57. The molecular weight excluding hydrogens is 453 g/mol. The number of benzene rings is 1. The Morgan fingerprint density at radius 2 is 1.85 bits per heavy atom. The quantitative estimate of drug-likeness (QED) is 0.380. The number of methoxy groups -OCH3 is 1. The van der Waals surface area contributed by atoms with Crippen LogP contribution in [0.15, 0.2) is 29.3 Å². The molecule has 1 atom stereocenters. The van der Waals surface area contributed by atoms with Crippen molar-refractivity contribution in [2.45, 2.75) is 31.8 Å². The van der Waals surface area contributed by atoms with Crippen molar-refractivity contribution in [2.75, 3.05) is 58.8 Å². The lowest BCUT2D eigenvalue weighted by Crippen LogP contribution is -2.54. The van der Waals surface area contributed by atoms with E-state index in [1.165, 1.54) is 18.5 Å². The molecule has 2 aliphatic rings. The summed E-state index contributed by atoms with van der Waals surface area (Å²) >= 11 is 0. The van der Waals surface area contributed by atoms with Crippen LogP contribution in [-0.2, 0) is 0 Å². The Morgan fingerprint density at radius 1 is 1.22 bits per heavy atom. The highest BCUT2D eigenvalue weighted by Gasteiger charge is 2.29. The van der Waals surface area contributed by atoms with E-state index in [0.29, 0.717) is 6.04 Å². The molecule has 0 bridgehead atoms. The number of halogens is 1. The molecule has 152 valence electrons. The second-order valence-electron chi connectivity index (χ2n) is 7.35. The molecule has 1 unspecified atom stereocenters. The van der Waals surface area contributed by atoms with E-state index in [2.05, 4.69) is 51.1 Å². The molecule has 0 spiro atoms. The number of likely N-dealkylation sites (N-methyl/N-ethyl adjacent to an activating group) is 1. The van der Waals surface area contributed by atoms with Crippen molar-refractivity contribution >= 4 is 35.6 Å². The molecule has 1 aromatic rings. The van der Waals surface area contributed by atoms with Crippen molar-refractivity contribution in [1.82, 2.24) is 15.1 Å². The normalized spacial score (nSPS) is 18.9. The van der Waals surface area contributed by atoms with E-state index in [1.54, 1.807) is 7.11 Å². The highest BCUT2D eigenvalue weighted by molar-refractivity contribution is 14.0. The van der Waals surface area contributed by atoms with Gasteiger partial charge in [0.05, 0.1) is 7.11 Å². The maximum Gasteiger partial charge on any atom is 0.193 e. The van der Waals surface area contributed by atoms with E-state index in [0.717, 1.165) is 50.5 Å². The number of rotatable bonds is 6. The van der Waals surface area contributed by atoms with Crippen LogP contribution in [0.3, 0.4) is 0 Å². The maximum atomic E-state index is 5.25. The molecule has 2 fully saturated rings. The average molecular weight is 487 g/mol. The van der Waals surface area contributed by atoms with Crippen LogP contribution in [0, 0.1) is 0 Å². The van der Waals surface area contributed by atoms with Gasteiger partial charge < -0.3 is 19.9 Å². The largest absolute Gasteiger partial charge is 0.497 e. The fourth-order valence-electron chi connectivity index (χ4n) is 3.53. The molecule has 1 aromatic carbocycles. The lowest BCUT2D eigenvalue weighted by atomic mass is 10.2. The summed E-state index contributed by atoms with van der Waals surface area (Å²) in [4.78, 5) is 11.8. The van der Waals surface area contributed by atoms with Crippen LogP contribution in [0.25, 0.3) is 0 Å². The van der Waals surface area contributed by atoms with Gasteiger partial charge in [-0.1, -0.05) is 0 Å². The second-order valence-corrected chi connectivity index (χ2v) is 7.35. The molecule has 1 saturated heterocycles. The number of guanidine groups is 1. The van der Waals surface area contributed by atoms with Gasteiger partial charge in [-0.25, -0.2) is 0 Å². The van der Waals surface area contributed by atoms with E-state index < -0.39 is 0 Å². The van der Waals surface area contributed by atoms with Crippen LogP contribution in [0.5, 0.6) is 5.75 Å². The Kier molecular flexibility index (Phi) is 8.47. The fourth-order valence-corrected chi connectivity index (χ4v) is 3.53. The van der Waals surface area contributed by atoms with Gasteiger partial charge in [0.2, 0.25) is 0 Å². The first-order valence-corrected chi connectivity index (χ1v) is 9.69. The molecule has 1 aliphatic carbocycles. The first kappa shape index (κ1) is 22.1. The fraction of sp³-hybridized carbons (Fsp3) is 0.650. The average Bonchev–Trinajstić information content (AvgIpc) is 3.53. The molecule has 1 aliphatic heterocycles. The van der Waals surface area contributed by atoms with Gasteiger partial charge in [0.1, 0.15) is 5.75 Å². The highest BCUT2D eigenvalue weighted by atomic mass is 127. The monoisotopic (exact) mass is 487 g/mol. The molecule has 0 radical (unpaired) electrons. The molecular formula is C20H34IN5O. The number of nitrogens with zero attached hydrogens (tertiary/aromatic N) is 4. The second kappa shape index (κ2) is 10.4. The van der Waals surface area contributed by atoms with Crippen molar-refractivity contribution in [3.63, 3.8) is 0 Å². The predicted molar refractivity (Wildman–Crippen MR) is 124 cm³/mol. The summed E-state index contributed by atoms with van der Waals surface area (Å²) in [6, 6.07) is 9.65. The van der Waals surface area contributed by atoms with E-state index in [-0.39, 0.29) is 24.0 Å². The Labute approximate surface area is 181 Å². The third kappa shape index (κ3) is 5.88. The lowest BCUT2D eigenvalue weighted by molar-refractivity contribution is 0.245. The summed E-state index contributed by atoms with van der Waals surface area (Å²) in [7, 11) is 5.82. The lowest BCUT2D eigenvalue weighted by Gasteiger charge is -2.38. The van der Waals surface area contributed by atoms with Crippen molar-refractivity contribution in [3.8, 4) is 5.75 Å². The molecule has 1 heterocycles. The summed E-state index contributed by atoms with van der Waals surface area (Å²) in [6.45, 7) is 7.21. The van der Waals surface area contributed by atoms with Gasteiger partial charge in [0.15, 0.2) is 5.96 Å². The molecule has 27 heavy (non-hydrogen) atoms. The summed E-state index contributed by atoms with van der Waals surface area (Å²) in [6.07, 6.45) is 2.70. The number of nitrogens with one attached hydrogen (secondary N) is 1. The molecule has 0 aromatic heterocycles. The van der Waals surface area contributed by atoms with Crippen LogP contribution >= 0.6 is 24.0 Å². The number of hydrogen-bond acceptors (Lipinski definition) is 4. The van der Waals surface area contributed by atoms with Gasteiger partial charge in [0.25, 0.3) is 0 Å². The van der Waals surface area contributed by atoms with E-state index in [1.807, 2.05) is 19.2 Å². The molecule has 3 rings (SSSR count). The summed E-state index contributed by atoms with van der Waals surface area (Å²) in [5.41, 5.74) is 1.26. The van der Waals surface area contributed by atoms with E-state index in [9.17, 15) is 0 Å². The highest BCUT2D eigenvalue weighted by Crippen LogP contribution is 2.26. The van der Waals surface area contributed by atoms with Gasteiger partial charge >= 0.3 is 0 Å². The van der Waals surface area contributed by atoms with E-state index >= 15 is 0 Å². The zero-order valence-electron chi connectivity index (χ0n) is 17.0. The van der Waals surface area contributed by atoms with Crippen LogP contribution in [0.4, 0.5) is 5.69 Å².